The molecule has 2 rings (SSSR count). The van der Waals surface area contributed by atoms with Gasteiger partial charge < -0.3 is 4.74 Å². The fraction of sp³-hybridized carbons (Fsp3) is 0.571. The Bertz CT molecular complexity index is 439. The third kappa shape index (κ3) is 2.68. The topological polar surface area (TPSA) is 39.2 Å². The van der Waals surface area contributed by atoms with Gasteiger partial charge in [-0.2, -0.15) is 0 Å². The maximum Gasteiger partial charge on any atom is 0.356 e. The molecule has 0 aromatic carbocycles. The Labute approximate surface area is 106 Å². The third-order valence-corrected chi connectivity index (χ3v) is 3.67. The smallest absolute Gasteiger partial charge is 0.356 e. The summed E-state index contributed by atoms with van der Waals surface area (Å²) in [6.45, 7) is 2.21. The summed E-state index contributed by atoms with van der Waals surface area (Å²) >= 11 is 0. The number of methoxy groups -OCH3 is 1. The molecule has 0 unspecified atom stereocenters. The van der Waals surface area contributed by atoms with Crippen LogP contribution in [-0.4, -0.2) is 18.1 Å². The molecule has 98 valence electrons. The molecule has 0 N–H and O–H groups in total. The van der Waals surface area contributed by atoms with E-state index >= 15 is 0 Å². The Morgan fingerprint density at radius 1 is 1.33 bits per heavy atom. The molecule has 3 nitrogen and oxygen atoms in total. The first-order valence-electron chi connectivity index (χ1n) is 6.36. The maximum absolute atomic E-state index is 13.8. The lowest BCUT2D eigenvalue weighted by atomic mass is 9.81. The lowest BCUT2D eigenvalue weighted by Gasteiger charge is -2.26. The minimum Gasteiger partial charge on any atom is -0.464 e. The average molecular weight is 251 g/mol. The van der Waals surface area contributed by atoms with Gasteiger partial charge >= 0.3 is 5.97 Å². The molecule has 0 amide bonds. The average Bonchev–Trinajstić information content (AvgIpc) is 2.39. The van der Waals surface area contributed by atoms with Crippen molar-refractivity contribution in [1.82, 2.24) is 4.98 Å². The first kappa shape index (κ1) is 13.0. The number of nitrogens with zero attached hydrogens (tertiary/aromatic N) is 1. The minimum atomic E-state index is -0.513. The summed E-state index contributed by atoms with van der Waals surface area (Å²) in [6, 6.07) is 2.68. The predicted octanol–water partition coefficient (Wildman–Crippen LogP) is 3.30. The Kier molecular flexibility index (Phi) is 3.94. The number of carbonyl (C=O) groups is 1. The molecule has 1 aromatic heterocycles. The standard InChI is InChI=1S/C14H18FNO2/c1-9-3-5-10(6-4-9)13-11(15)7-8-12(16-13)14(17)18-2/h7-10H,3-6H2,1-2H3. The quantitative estimate of drug-likeness (QED) is 0.757. The molecule has 1 fully saturated rings. The van der Waals surface area contributed by atoms with Crippen molar-refractivity contribution in [1.29, 1.82) is 0 Å². The van der Waals surface area contributed by atoms with Crippen molar-refractivity contribution in [2.75, 3.05) is 7.11 Å². The molecule has 0 saturated heterocycles. The Balaban J connectivity index is 2.23. The summed E-state index contributed by atoms with van der Waals surface area (Å²) in [5.41, 5.74) is 0.609. The van der Waals surface area contributed by atoms with Crippen molar-refractivity contribution < 1.29 is 13.9 Å². The first-order chi connectivity index (χ1) is 8.61. The molecule has 1 aliphatic rings. The Morgan fingerprint density at radius 3 is 2.61 bits per heavy atom. The van der Waals surface area contributed by atoms with E-state index in [9.17, 15) is 9.18 Å². The molecular formula is C14H18FNO2. The van der Waals surface area contributed by atoms with E-state index in [0.717, 1.165) is 25.7 Å². The Hall–Kier alpha value is -1.45. The summed E-state index contributed by atoms with van der Waals surface area (Å²) in [5, 5.41) is 0. The summed E-state index contributed by atoms with van der Waals surface area (Å²) in [5.74, 6) is 0.00143. The zero-order chi connectivity index (χ0) is 13.1. The molecule has 0 atom stereocenters. The van der Waals surface area contributed by atoms with E-state index in [-0.39, 0.29) is 17.4 Å². The molecule has 1 aromatic rings. The van der Waals surface area contributed by atoms with E-state index in [4.69, 9.17) is 0 Å². The molecule has 1 aliphatic carbocycles. The van der Waals surface area contributed by atoms with E-state index in [1.54, 1.807) is 0 Å². The van der Waals surface area contributed by atoms with Gasteiger partial charge in [-0.15, -0.1) is 0 Å². The number of carbonyl (C=O) groups excluding carboxylic acids is 1. The van der Waals surface area contributed by atoms with Gasteiger partial charge in [0.2, 0.25) is 0 Å². The van der Waals surface area contributed by atoms with E-state index < -0.39 is 5.97 Å². The zero-order valence-corrected chi connectivity index (χ0v) is 10.8. The first-order valence-corrected chi connectivity index (χ1v) is 6.36. The number of ether oxygens (including phenoxy) is 1. The van der Waals surface area contributed by atoms with Crippen LogP contribution in [0.5, 0.6) is 0 Å². The van der Waals surface area contributed by atoms with Crippen molar-refractivity contribution >= 4 is 5.97 Å². The van der Waals surface area contributed by atoms with Crippen LogP contribution in [0.2, 0.25) is 0 Å². The molecule has 4 heteroatoms. The van der Waals surface area contributed by atoms with E-state index in [2.05, 4.69) is 16.6 Å². The molecule has 1 heterocycles. The fourth-order valence-electron chi connectivity index (χ4n) is 2.50. The van der Waals surface area contributed by atoms with Gasteiger partial charge in [0.1, 0.15) is 11.5 Å². The monoisotopic (exact) mass is 251 g/mol. The number of rotatable bonds is 2. The van der Waals surface area contributed by atoms with Crippen LogP contribution in [0, 0.1) is 11.7 Å². The lowest BCUT2D eigenvalue weighted by Crippen LogP contribution is -2.15. The van der Waals surface area contributed by atoms with Crippen LogP contribution in [0.25, 0.3) is 0 Å². The highest BCUT2D eigenvalue weighted by Gasteiger charge is 2.24. The van der Waals surface area contributed by atoms with E-state index in [0.29, 0.717) is 11.6 Å². The molecule has 0 aliphatic heterocycles. The highest BCUT2D eigenvalue weighted by molar-refractivity contribution is 5.87. The number of halogens is 1. The zero-order valence-electron chi connectivity index (χ0n) is 10.8. The normalized spacial score (nSPS) is 23.7. The van der Waals surface area contributed by atoms with Crippen molar-refractivity contribution in [2.45, 2.75) is 38.5 Å². The molecule has 1 saturated carbocycles. The summed E-state index contributed by atoms with van der Waals surface area (Å²) in [6.07, 6.45) is 4.06. The van der Waals surface area contributed by atoms with Gasteiger partial charge in [0, 0.05) is 5.92 Å². The van der Waals surface area contributed by atoms with Gasteiger partial charge in [0.15, 0.2) is 0 Å². The van der Waals surface area contributed by atoms with Crippen LogP contribution in [0.15, 0.2) is 12.1 Å². The van der Waals surface area contributed by atoms with Gasteiger partial charge in [-0.05, 0) is 30.9 Å². The maximum atomic E-state index is 13.8. The number of hydrogen-bond acceptors (Lipinski definition) is 3. The predicted molar refractivity (Wildman–Crippen MR) is 65.9 cm³/mol. The van der Waals surface area contributed by atoms with Crippen molar-refractivity contribution in [3.05, 3.63) is 29.3 Å². The van der Waals surface area contributed by atoms with Crippen molar-refractivity contribution in [2.24, 2.45) is 5.92 Å². The minimum absolute atomic E-state index is 0.130. The molecule has 0 radical (unpaired) electrons. The second kappa shape index (κ2) is 5.46. The summed E-state index contributed by atoms with van der Waals surface area (Å²) < 4.78 is 18.4. The second-order valence-corrected chi connectivity index (χ2v) is 5.01. The largest absolute Gasteiger partial charge is 0.464 e. The third-order valence-electron chi connectivity index (χ3n) is 3.67. The van der Waals surface area contributed by atoms with Crippen molar-refractivity contribution in [3.63, 3.8) is 0 Å². The van der Waals surface area contributed by atoms with Crippen molar-refractivity contribution in [3.8, 4) is 0 Å². The van der Waals surface area contributed by atoms with Gasteiger partial charge in [0.25, 0.3) is 0 Å². The number of aromatic nitrogens is 1. The SMILES string of the molecule is COC(=O)c1ccc(F)c(C2CCC(C)CC2)n1. The molecule has 0 spiro atoms. The van der Waals surface area contributed by atoms with Crippen LogP contribution in [-0.2, 0) is 4.74 Å². The Morgan fingerprint density at radius 2 is 2.00 bits per heavy atom. The van der Waals surface area contributed by atoms with Gasteiger partial charge in [-0.1, -0.05) is 19.8 Å². The molecule has 0 bridgehead atoms. The summed E-state index contributed by atoms with van der Waals surface area (Å²) in [7, 11) is 1.30. The van der Waals surface area contributed by atoms with Gasteiger partial charge in [-0.3, -0.25) is 0 Å². The molecule has 18 heavy (non-hydrogen) atoms. The van der Waals surface area contributed by atoms with Gasteiger partial charge in [0.05, 0.1) is 12.8 Å². The number of esters is 1. The van der Waals surface area contributed by atoms with E-state index in [1.165, 1.54) is 19.2 Å². The lowest BCUT2D eigenvalue weighted by molar-refractivity contribution is 0.0593. The number of hydrogen-bond donors (Lipinski definition) is 0. The van der Waals surface area contributed by atoms with Crippen LogP contribution in [0.4, 0.5) is 4.39 Å². The summed E-state index contributed by atoms with van der Waals surface area (Å²) in [4.78, 5) is 15.5. The number of pyridine rings is 1. The fourth-order valence-corrected chi connectivity index (χ4v) is 2.50. The highest BCUT2D eigenvalue weighted by atomic mass is 19.1. The highest BCUT2D eigenvalue weighted by Crippen LogP contribution is 2.35. The molecular weight excluding hydrogens is 233 g/mol. The van der Waals surface area contributed by atoms with Crippen LogP contribution >= 0.6 is 0 Å². The van der Waals surface area contributed by atoms with Crippen LogP contribution < -0.4 is 0 Å². The van der Waals surface area contributed by atoms with Crippen LogP contribution in [0.3, 0.4) is 0 Å². The van der Waals surface area contributed by atoms with E-state index in [1.807, 2.05) is 0 Å². The van der Waals surface area contributed by atoms with Gasteiger partial charge in [-0.25, -0.2) is 14.2 Å². The van der Waals surface area contributed by atoms with Crippen LogP contribution in [0.1, 0.15) is 54.7 Å². The second-order valence-electron chi connectivity index (χ2n) is 5.01.